The summed E-state index contributed by atoms with van der Waals surface area (Å²) in [6, 6.07) is 6.23. The van der Waals surface area contributed by atoms with Crippen molar-refractivity contribution >= 4 is 17.8 Å². The number of benzene rings is 1. The molecule has 2 rings (SSSR count). The molecular weight excluding hydrogens is 328 g/mol. The largest absolute Gasteiger partial charge is 0.491 e. The van der Waals surface area contributed by atoms with Gasteiger partial charge in [0.05, 0.1) is 6.10 Å². The third-order valence-corrected chi connectivity index (χ3v) is 3.71. The first-order valence-corrected chi connectivity index (χ1v) is 7.55. The summed E-state index contributed by atoms with van der Waals surface area (Å²) < 4.78 is 5.67. The Morgan fingerprint density at radius 1 is 1.24 bits per heavy atom. The molecule has 0 bridgehead atoms. The zero-order valence-corrected chi connectivity index (χ0v) is 13.7. The van der Waals surface area contributed by atoms with Crippen LogP contribution in [0.15, 0.2) is 29.1 Å². The summed E-state index contributed by atoms with van der Waals surface area (Å²) in [6.07, 6.45) is 0.667. The number of aromatic carboxylic acids is 2. The van der Waals surface area contributed by atoms with E-state index in [1.807, 2.05) is 13.8 Å². The van der Waals surface area contributed by atoms with E-state index < -0.39 is 34.4 Å². The van der Waals surface area contributed by atoms with Crippen LogP contribution >= 0.6 is 0 Å². The number of nitrogens with one attached hydrogen (secondary N) is 1. The van der Waals surface area contributed by atoms with Gasteiger partial charge in [0.1, 0.15) is 22.7 Å². The number of carboxylic acid groups (broad SMARTS) is 2. The highest BCUT2D eigenvalue weighted by molar-refractivity contribution is 6.07. The van der Waals surface area contributed by atoms with E-state index in [2.05, 4.69) is 4.98 Å². The third-order valence-electron chi connectivity index (χ3n) is 3.71. The maximum absolute atomic E-state index is 12.0. The number of aromatic nitrogens is 1. The first-order valence-electron chi connectivity index (χ1n) is 7.55. The molecule has 1 atom stereocenters. The zero-order chi connectivity index (χ0) is 18.7. The summed E-state index contributed by atoms with van der Waals surface area (Å²) in [5.74, 6) is -2.98. The van der Waals surface area contributed by atoms with E-state index in [4.69, 9.17) is 10.5 Å². The highest BCUT2D eigenvalue weighted by Gasteiger charge is 2.26. The summed E-state index contributed by atoms with van der Waals surface area (Å²) in [4.78, 5) is 37.2. The molecule has 132 valence electrons. The lowest BCUT2D eigenvalue weighted by Crippen LogP contribution is -2.24. The number of carbonyl (C=O) groups is 2. The van der Waals surface area contributed by atoms with Crippen LogP contribution in [-0.2, 0) is 0 Å². The monoisotopic (exact) mass is 346 g/mol. The highest BCUT2D eigenvalue weighted by atomic mass is 16.5. The summed E-state index contributed by atoms with van der Waals surface area (Å²) in [7, 11) is 0. The van der Waals surface area contributed by atoms with Crippen LogP contribution in [0.25, 0.3) is 11.1 Å². The standard InChI is InChI=1S/C17H18N2O6/c1-3-8(2)25-10-6-4-5-9(7-10)11-12(16(21)22)14(18)19-15(20)13(11)17(23)24/h4-8H,3H2,1-2H3,(H,21,22)(H,23,24)(H3,18,19,20). The topological polar surface area (TPSA) is 143 Å². The molecule has 0 radical (unpaired) electrons. The van der Waals surface area contributed by atoms with Gasteiger partial charge in [0.25, 0.3) is 5.56 Å². The number of nitrogens with two attached hydrogens (primary N) is 1. The van der Waals surface area contributed by atoms with Crippen molar-refractivity contribution in [3.63, 3.8) is 0 Å². The minimum absolute atomic E-state index is 0.0858. The Bertz CT molecular complexity index is 887. The van der Waals surface area contributed by atoms with Gasteiger partial charge in [-0.2, -0.15) is 0 Å². The van der Waals surface area contributed by atoms with Crippen LogP contribution in [-0.4, -0.2) is 33.2 Å². The first kappa shape index (κ1) is 18.1. The van der Waals surface area contributed by atoms with Crippen LogP contribution in [0.1, 0.15) is 41.0 Å². The number of pyridine rings is 1. The molecule has 0 aliphatic rings. The van der Waals surface area contributed by atoms with Gasteiger partial charge in [-0.3, -0.25) is 4.79 Å². The van der Waals surface area contributed by atoms with E-state index in [-0.39, 0.29) is 17.2 Å². The predicted octanol–water partition coefficient (Wildman–Crippen LogP) is 2.20. The maximum Gasteiger partial charge on any atom is 0.342 e. The first-order chi connectivity index (χ1) is 11.8. The van der Waals surface area contributed by atoms with Crippen molar-refractivity contribution in [3.8, 4) is 16.9 Å². The van der Waals surface area contributed by atoms with Crippen LogP contribution in [0.2, 0.25) is 0 Å². The molecule has 1 unspecified atom stereocenters. The number of rotatable bonds is 6. The number of hydrogen-bond donors (Lipinski definition) is 4. The lowest BCUT2D eigenvalue weighted by Gasteiger charge is -2.15. The molecule has 0 spiro atoms. The fraction of sp³-hybridized carbons (Fsp3) is 0.235. The second-order valence-electron chi connectivity index (χ2n) is 5.47. The summed E-state index contributed by atoms with van der Waals surface area (Å²) in [5.41, 5.74) is 3.44. The number of anilines is 1. The van der Waals surface area contributed by atoms with E-state index >= 15 is 0 Å². The molecule has 0 aliphatic heterocycles. The highest BCUT2D eigenvalue weighted by Crippen LogP contribution is 2.31. The van der Waals surface area contributed by atoms with Gasteiger partial charge in [-0.1, -0.05) is 19.1 Å². The van der Waals surface area contributed by atoms with Crippen molar-refractivity contribution in [1.29, 1.82) is 0 Å². The van der Waals surface area contributed by atoms with Crippen LogP contribution in [0, 0.1) is 0 Å². The van der Waals surface area contributed by atoms with Gasteiger partial charge in [0, 0.05) is 5.56 Å². The minimum Gasteiger partial charge on any atom is -0.491 e. The van der Waals surface area contributed by atoms with Crippen molar-refractivity contribution in [3.05, 3.63) is 45.7 Å². The van der Waals surface area contributed by atoms with Crippen molar-refractivity contribution in [1.82, 2.24) is 4.98 Å². The molecule has 1 heterocycles. The molecule has 8 heteroatoms. The molecule has 0 saturated heterocycles. The Balaban J connectivity index is 2.77. The fourth-order valence-electron chi connectivity index (χ4n) is 2.38. The summed E-state index contributed by atoms with van der Waals surface area (Å²) in [6.45, 7) is 3.81. The smallest absolute Gasteiger partial charge is 0.342 e. The Kier molecular flexibility index (Phi) is 5.11. The molecule has 0 saturated carbocycles. The Morgan fingerprint density at radius 3 is 2.44 bits per heavy atom. The van der Waals surface area contributed by atoms with Gasteiger partial charge in [0.2, 0.25) is 0 Å². The third kappa shape index (κ3) is 3.63. The molecular formula is C17H18N2O6. The summed E-state index contributed by atoms with van der Waals surface area (Å²) >= 11 is 0. The van der Waals surface area contributed by atoms with Crippen LogP contribution in [0.4, 0.5) is 5.82 Å². The SMILES string of the molecule is CCC(C)Oc1cccc(-c2c(C(=O)O)c(N)[nH]c(=O)c2C(=O)O)c1. The van der Waals surface area contributed by atoms with E-state index in [1.54, 1.807) is 12.1 Å². The number of hydrogen-bond acceptors (Lipinski definition) is 5. The van der Waals surface area contributed by atoms with Gasteiger partial charge in [-0.25, -0.2) is 9.59 Å². The molecule has 25 heavy (non-hydrogen) atoms. The van der Waals surface area contributed by atoms with Crippen molar-refractivity contribution in [2.24, 2.45) is 0 Å². The quantitative estimate of drug-likeness (QED) is 0.628. The number of carboxylic acids is 2. The molecule has 8 nitrogen and oxygen atoms in total. The number of nitrogen functional groups attached to an aromatic ring is 1. The van der Waals surface area contributed by atoms with E-state index in [0.29, 0.717) is 5.75 Å². The Morgan fingerprint density at radius 2 is 1.88 bits per heavy atom. The number of ether oxygens (including phenoxy) is 1. The van der Waals surface area contributed by atoms with Gasteiger partial charge < -0.3 is 25.7 Å². The van der Waals surface area contributed by atoms with Crippen LogP contribution in [0.3, 0.4) is 0 Å². The summed E-state index contributed by atoms with van der Waals surface area (Å²) in [5, 5.41) is 18.8. The Labute approximate surface area is 142 Å². The normalized spacial score (nSPS) is 11.8. The van der Waals surface area contributed by atoms with Crippen molar-refractivity contribution < 1.29 is 24.5 Å². The molecule has 1 aromatic heterocycles. The molecule has 5 N–H and O–H groups in total. The molecule has 2 aromatic rings. The average molecular weight is 346 g/mol. The van der Waals surface area contributed by atoms with E-state index in [9.17, 15) is 24.6 Å². The second kappa shape index (κ2) is 7.08. The molecule has 0 fully saturated rings. The van der Waals surface area contributed by atoms with Crippen molar-refractivity contribution in [2.45, 2.75) is 26.4 Å². The lowest BCUT2D eigenvalue weighted by atomic mass is 9.95. The number of aromatic amines is 1. The van der Waals surface area contributed by atoms with Crippen LogP contribution < -0.4 is 16.0 Å². The average Bonchev–Trinajstić information content (AvgIpc) is 2.53. The van der Waals surface area contributed by atoms with E-state index in [1.165, 1.54) is 12.1 Å². The van der Waals surface area contributed by atoms with Gasteiger partial charge in [-0.05, 0) is 31.0 Å². The fourth-order valence-corrected chi connectivity index (χ4v) is 2.38. The predicted molar refractivity (Wildman–Crippen MR) is 91.2 cm³/mol. The molecule has 1 aromatic carbocycles. The zero-order valence-electron chi connectivity index (χ0n) is 13.7. The van der Waals surface area contributed by atoms with Crippen molar-refractivity contribution in [2.75, 3.05) is 5.73 Å². The maximum atomic E-state index is 12.0. The lowest BCUT2D eigenvalue weighted by molar-refractivity contribution is 0.0695. The van der Waals surface area contributed by atoms with Gasteiger partial charge in [-0.15, -0.1) is 0 Å². The molecule has 0 amide bonds. The Hall–Kier alpha value is -3.29. The van der Waals surface area contributed by atoms with Gasteiger partial charge >= 0.3 is 11.9 Å². The van der Waals surface area contributed by atoms with Crippen LogP contribution in [0.5, 0.6) is 5.75 Å². The second-order valence-corrected chi connectivity index (χ2v) is 5.47. The van der Waals surface area contributed by atoms with E-state index in [0.717, 1.165) is 6.42 Å². The molecule has 0 aliphatic carbocycles. The minimum atomic E-state index is -1.55. The number of H-pyrrole nitrogens is 1. The van der Waals surface area contributed by atoms with Gasteiger partial charge in [0.15, 0.2) is 0 Å².